The first-order valence-electron chi connectivity index (χ1n) is 10.0. The van der Waals surface area contributed by atoms with Crippen LogP contribution in [-0.2, 0) is 10.5 Å². The molecule has 0 fully saturated rings. The molecule has 3 heterocycles. The lowest BCUT2D eigenvalue weighted by molar-refractivity contribution is -0.132. The van der Waals surface area contributed by atoms with Crippen LogP contribution >= 0.6 is 27.7 Å². The molecule has 1 amide bonds. The fraction of sp³-hybridized carbons (Fsp3) is 0.174. The molecular formula is C23H17BrFN3O4S. The highest BCUT2D eigenvalue weighted by atomic mass is 79.9. The molecule has 0 spiro atoms. The monoisotopic (exact) mass is 529 g/mol. The maximum Gasteiger partial charge on any atom is 0.308 e. The second kappa shape index (κ2) is 8.35. The van der Waals surface area contributed by atoms with Gasteiger partial charge in [-0.05, 0) is 34.9 Å². The van der Waals surface area contributed by atoms with Crippen LogP contribution in [0.1, 0.15) is 40.1 Å². The van der Waals surface area contributed by atoms with E-state index in [1.54, 1.807) is 6.07 Å². The van der Waals surface area contributed by atoms with Crippen LogP contribution in [0.15, 0.2) is 62.8 Å². The number of carbonyl (C=O) groups is 2. The van der Waals surface area contributed by atoms with Gasteiger partial charge in [-0.2, -0.15) is 0 Å². The largest absolute Gasteiger partial charge is 0.420 e. The van der Waals surface area contributed by atoms with Gasteiger partial charge in [0.15, 0.2) is 5.69 Å². The molecule has 0 radical (unpaired) electrons. The van der Waals surface area contributed by atoms with Crippen molar-refractivity contribution in [1.82, 2.24) is 9.99 Å². The van der Waals surface area contributed by atoms with Crippen molar-refractivity contribution in [2.24, 2.45) is 0 Å². The summed E-state index contributed by atoms with van der Waals surface area (Å²) in [4.78, 5) is 37.4. The van der Waals surface area contributed by atoms with Crippen LogP contribution in [0.3, 0.4) is 0 Å². The summed E-state index contributed by atoms with van der Waals surface area (Å²) in [6.45, 7) is 1.26. The number of rotatable bonds is 2. The highest BCUT2D eigenvalue weighted by Gasteiger charge is 2.36. The first-order chi connectivity index (χ1) is 15.8. The molecule has 168 valence electrons. The van der Waals surface area contributed by atoms with Gasteiger partial charge < -0.3 is 10.1 Å². The van der Waals surface area contributed by atoms with E-state index in [-0.39, 0.29) is 23.9 Å². The number of hydrogen-bond donors (Lipinski definition) is 1. The van der Waals surface area contributed by atoms with Gasteiger partial charge in [0.2, 0.25) is 11.2 Å². The van der Waals surface area contributed by atoms with Crippen molar-refractivity contribution in [3.05, 3.63) is 91.6 Å². The predicted octanol–water partition coefficient (Wildman–Crippen LogP) is 3.71. The Hall–Kier alpha value is -3.11. The molecule has 10 heteroatoms. The third-order valence-corrected chi connectivity index (χ3v) is 7.20. The molecule has 2 aliphatic heterocycles. The second-order valence-electron chi connectivity index (χ2n) is 7.59. The number of nitrogens with one attached hydrogen (secondary N) is 1. The summed E-state index contributed by atoms with van der Waals surface area (Å²) in [6.07, 6.45) is 1.47. The summed E-state index contributed by atoms with van der Waals surface area (Å²) in [6, 6.07) is 11.6. The molecule has 1 N–H and O–H groups in total. The first-order valence-corrected chi connectivity index (χ1v) is 11.8. The van der Waals surface area contributed by atoms with E-state index in [1.165, 1.54) is 34.8 Å². The lowest BCUT2D eigenvalue weighted by Gasteiger charge is -2.40. The van der Waals surface area contributed by atoms with Gasteiger partial charge in [-0.3, -0.25) is 24.1 Å². The predicted molar refractivity (Wildman–Crippen MR) is 125 cm³/mol. The number of pyridine rings is 1. The van der Waals surface area contributed by atoms with Gasteiger partial charge in [0.1, 0.15) is 12.5 Å². The average molecular weight is 530 g/mol. The number of halogens is 2. The molecule has 1 atom stereocenters. The van der Waals surface area contributed by atoms with E-state index in [2.05, 4.69) is 21.2 Å². The van der Waals surface area contributed by atoms with Crippen molar-refractivity contribution in [3.8, 4) is 5.75 Å². The topological polar surface area (TPSA) is 80.6 Å². The molecular weight excluding hydrogens is 513 g/mol. The highest BCUT2D eigenvalue weighted by Crippen LogP contribution is 2.44. The van der Waals surface area contributed by atoms with E-state index < -0.39 is 23.3 Å². The zero-order valence-electron chi connectivity index (χ0n) is 17.3. The maximum absolute atomic E-state index is 14.9. The molecule has 0 bridgehead atoms. The van der Waals surface area contributed by atoms with Crippen LogP contribution in [0.5, 0.6) is 5.75 Å². The van der Waals surface area contributed by atoms with Crippen LogP contribution in [-0.4, -0.2) is 23.2 Å². The van der Waals surface area contributed by atoms with Crippen LogP contribution in [0.25, 0.3) is 0 Å². The molecule has 0 aliphatic carbocycles. The number of nitrogens with zero attached hydrogens (tertiary/aromatic N) is 2. The average Bonchev–Trinajstić information content (AvgIpc) is 2.93. The lowest BCUT2D eigenvalue weighted by atomic mass is 9.94. The van der Waals surface area contributed by atoms with Gasteiger partial charge in [-0.1, -0.05) is 34.1 Å². The minimum atomic E-state index is -0.709. The van der Waals surface area contributed by atoms with Crippen molar-refractivity contribution < 1.29 is 18.7 Å². The molecule has 0 saturated heterocycles. The highest BCUT2D eigenvalue weighted by molar-refractivity contribution is 9.10. The Morgan fingerprint density at radius 3 is 2.82 bits per heavy atom. The Bertz CT molecular complexity index is 1380. The van der Waals surface area contributed by atoms with E-state index in [1.807, 2.05) is 29.3 Å². The van der Waals surface area contributed by atoms with Crippen LogP contribution in [0.4, 0.5) is 4.39 Å². The van der Waals surface area contributed by atoms with Gasteiger partial charge in [-0.15, -0.1) is 11.8 Å². The molecule has 0 saturated carbocycles. The van der Waals surface area contributed by atoms with Gasteiger partial charge >= 0.3 is 5.97 Å². The Labute approximate surface area is 200 Å². The third kappa shape index (κ3) is 3.72. The van der Waals surface area contributed by atoms with Crippen molar-refractivity contribution in [2.75, 3.05) is 11.7 Å². The Morgan fingerprint density at radius 2 is 2.03 bits per heavy atom. The smallest absolute Gasteiger partial charge is 0.308 e. The Kier molecular flexibility index (Phi) is 5.49. The summed E-state index contributed by atoms with van der Waals surface area (Å²) in [5.41, 5.74) is 2.01. The summed E-state index contributed by atoms with van der Waals surface area (Å²) >= 11 is 4.93. The Balaban J connectivity index is 1.77. The zero-order chi connectivity index (χ0) is 23.3. The van der Waals surface area contributed by atoms with Crippen molar-refractivity contribution in [3.63, 3.8) is 0 Å². The minimum absolute atomic E-state index is 0.0857. The second-order valence-corrected chi connectivity index (χ2v) is 9.49. The van der Waals surface area contributed by atoms with Crippen LogP contribution in [0.2, 0.25) is 0 Å². The number of benzene rings is 2. The van der Waals surface area contributed by atoms with E-state index in [0.29, 0.717) is 10.6 Å². The standard InChI is InChI=1S/C23H17BrFN3O4S/c1-12(29)32-21-18(30)7-8-27-20(21)23(31)26-11-28(27)19-15-6-5-14(24)9-13(15)10-33-22-16(19)3-2-4-17(22)25/h2-9,19H,10-11H2,1H3,(H,26,31). The van der Waals surface area contributed by atoms with Crippen molar-refractivity contribution >= 4 is 39.6 Å². The fourth-order valence-electron chi connectivity index (χ4n) is 4.20. The Morgan fingerprint density at radius 1 is 1.21 bits per heavy atom. The SMILES string of the molecule is CC(=O)Oc1c2n(ccc1=O)N(C1c3ccc(Br)cc3CSc3c(F)cccc31)CNC2=O. The molecule has 2 aliphatic rings. The third-order valence-electron chi connectivity index (χ3n) is 5.54. The summed E-state index contributed by atoms with van der Waals surface area (Å²) in [5, 5.41) is 4.58. The van der Waals surface area contributed by atoms with Crippen LogP contribution in [0, 0.1) is 5.82 Å². The van der Waals surface area contributed by atoms with Gasteiger partial charge in [0.25, 0.3) is 5.91 Å². The van der Waals surface area contributed by atoms with Gasteiger partial charge in [-0.25, -0.2) is 4.39 Å². The minimum Gasteiger partial charge on any atom is -0.420 e. The lowest BCUT2D eigenvalue weighted by Crippen LogP contribution is -2.54. The van der Waals surface area contributed by atoms with Gasteiger partial charge in [0, 0.05) is 34.3 Å². The quantitative estimate of drug-likeness (QED) is 0.509. The number of ether oxygens (including phenoxy) is 1. The molecule has 1 aromatic heterocycles. The summed E-state index contributed by atoms with van der Waals surface area (Å²) in [7, 11) is 0. The van der Waals surface area contributed by atoms with Gasteiger partial charge in [0.05, 0.1) is 6.04 Å². The summed E-state index contributed by atoms with van der Waals surface area (Å²) < 4.78 is 22.4. The zero-order valence-corrected chi connectivity index (χ0v) is 19.7. The number of esters is 1. The molecule has 3 aromatic rings. The number of aromatic nitrogens is 1. The van der Waals surface area contributed by atoms with E-state index >= 15 is 0 Å². The fourth-order valence-corrected chi connectivity index (χ4v) is 5.71. The number of fused-ring (bicyclic) bond motifs is 3. The van der Waals surface area contributed by atoms with E-state index in [0.717, 1.165) is 28.1 Å². The molecule has 5 rings (SSSR count). The molecule has 33 heavy (non-hydrogen) atoms. The van der Waals surface area contributed by atoms with E-state index in [9.17, 15) is 18.8 Å². The van der Waals surface area contributed by atoms with Crippen molar-refractivity contribution in [2.45, 2.75) is 23.6 Å². The summed E-state index contributed by atoms with van der Waals surface area (Å²) in [5.74, 6) is -1.35. The first kappa shape index (κ1) is 21.7. The van der Waals surface area contributed by atoms with E-state index in [4.69, 9.17) is 4.74 Å². The maximum atomic E-state index is 14.9. The van der Waals surface area contributed by atoms with Crippen LogP contribution < -0.4 is 20.5 Å². The molecule has 2 aromatic carbocycles. The van der Waals surface area contributed by atoms with Crippen molar-refractivity contribution in [1.29, 1.82) is 0 Å². The number of hydrogen-bond acceptors (Lipinski definition) is 6. The normalized spacial score (nSPS) is 16.8. The molecule has 1 unspecified atom stereocenters. The number of amides is 1. The number of carbonyl (C=O) groups excluding carboxylic acids is 2. The number of thioether (sulfide) groups is 1. The molecule has 7 nitrogen and oxygen atoms in total.